The van der Waals surface area contributed by atoms with Gasteiger partial charge in [0.1, 0.15) is 18.5 Å². The van der Waals surface area contributed by atoms with Gasteiger partial charge < -0.3 is 20.1 Å². The molecule has 24 heavy (non-hydrogen) atoms. The number of β-amino-alcohol motifs (C(OH)–C–C–N with tert-alkyl or cyclic N) is 1. The quantitative estimate of drug-likeness (QED) is 0.764. The predicted molar refractivity (Wildman–Crippen MR) is 94.6 cm³/mol. The summed E-state index contributed by atoms with van der Waals surface area (Å²) in [5.74, 6) is 1.22. The third-order valence-corrected chi connectivity index (χ3v) is 4.47. The molecule has 2 saturated heterocycles. The lowest BCUT2D eigenvalue weighted by atomic mass is 10.0. The summed E-state index contributed by atoms with van der Waals surface area (Å²) in [6.45, 7) is 5.63. The van der Waals surface area contributed by atoms with E-state index in [1.807, 2.05) is 35.2 Å². The molecule has 134 valence electrons. The van der Waals surface area contributed by atoms with Gasteiger partial charge in [-0.2, -0.15) is 0 Å². The van der Waals surface area contributed by atoms with Crippen molar-refractivity contribution < 1.29 is 14.6 Å². The second-order valence-electron chi connectivity index (χ2n) is 6.26. The molecular weight excluding hydrogens is 330 g/mol. The second kappa shape index (κ2) is 9.22. The lowest BCUT2D eigenvalue weighted by molar-refractivity contribution is -0.139. The van der Waals surface area contributed by atoms with Gasteiger partial charge in [-0.3, -0.25) is 9.69 Å². The zero-order valence-corrected chi connectivity index (χ0v) is 14.6. The van der Waals surface area contributed by atoms with Crippen molar-refractivity contribution in [1.29, 1.82) is 0 Å². The van der Waals surface area contributed by atoms with Gasteiger partial charge in [-0.1, -0.05) is 18.2 Å². The SMILES string of the molecule is Cl.O=C(C1CNC1)N1CCN(CC(O)COc2ccccc2)CC1. The minimum atomic E-state index is -0.520. The highest BCUT2D eigenvalue weighted by molar-refractivity contribution is 5.85. The third-order valence-electron chi connectivity index (χ3n) is 4.47. The van der Waals surface area contributed by atoms with E-state index in [9.17, 15) is 9.90 Å². The van der Waals surface area contributed by atoms with Crippen molar-refractivity contribution >= 4 is 18.3 Å². The van der Waals surface area contributed by atoms with Gasteiger partial charge in [-0.25, -0.2) is 0 Å². The average molecular weight is 356 g/mol. The van der Waals surface area contributed by atoms with E-state index in [4.69, 9.17) is 4.74 Å². The molecule has 2 fully saturated rings. The van der Waals surface area contributed by atoms with Crippen LogP contribution in [0.3, 0.4) is 0 Å². The largest absolute Gasteiger partial charge is 0.491 e. The van der Waals surface area contributed by atoms with E-state index in [1.54, 1.807) is 0 Å². The van der Waals surface area contributed by atoms with Crippen molar-refractivity contribution in [2.45, 2.75) is 6.10 Å². The van der Waals surface area contributed by atoms with E-state index in [0.717, 1.165) is 45.0 Å². The standard InChI is InChI=1S/C17H25N3O3.ClH/c21-15(13-23-16-4-2-1-3-5-16)12-19-6-8-20(9-7-19)17(22)14-10-18-11-14;/h1-5,14-15,18,21H,6-13H2;1H. The second-order valence-corrected chi connectivity index (χ2v) is 6.26. The first kappa shape index (κ1) is 19.0. The van der Waals surface area contributed by atoms with Crippen molar-refractivity contribution in [3.63, 3.8) is 0 Å². The zero-order chi connectivity index (χ0) is 16.1. The Labute approximate surface area is 149 Å². The van der Waals surface area contributed by atoms with Gasteiger partial charge in [-0.15, -0.1) is 12.4 Å². The number of rotatable bonds is 6. The summed E-state index contributed by atoms with van der Waals surface area (Å²) < 4.78 is 5.57. The number of amides is 1. The van der Waals surface area contributed by atoms with Gasteiger partial charge in [0.15, 0.2) is 0 Å². The normalized spacial score (nSPS) is 20.0. The number of hydrogen-bond donors (Lipinski definition) is 2. The fourth-order valence-electron chi connectivity index (χ4n) is 2.93. The lowest BCUT2D eigenvalue weighted by Crippen LogP contribution is -2.57. The van der Waals surface area contributed by atoms with Crippen molar-refractivity contribution in [1.82, 2.24) is 15.1 Å². The fraction of sp³-hybridized carbons (Fsp3) is 0.588. The molecule has 2 heterocycles. The Hall–Kier alpha value is -1.34. The number of aliphatic hydroxyl groups is 1. The van der Waals surface area contributed by atoms with Gasteiger partial charge in [0.05, 0.1) is 5.92 Å². The number of ether oxygens (including phenoxy) is 1. The first-order valence-electron chi connectivity index (χ1n) is 8.30. The van der Waals surface area contributed by atoms with Crippen LogP contribution in [-0.4, -0.2) is 79.3 Å². The van der Waals surface area contributed by atoms with Crippen LogP contribution in [0.1, 0.15) is 0 Å². The fourth-order valence-corrected chi connectivity index (χ4v) is 2.93. The number of nitrogens with one attached hydrogen (secondary N) is 1. The number of piperazine rings is 1. The molecule has 2 aliphatic heterocycles. The summed E-state index contributed by atoms with van der Waals surface area (Å²) in [6, 6.07) is 9.52. The van der Waals surface area contributed by atoms with Gasteiger partial charge in [-0.05, 0) is 12.1 Å². The van der Waals surface area contributed by atoms with Crippen LogP contribution in [0.5, 0.6) is 5.75 Å². The minimum absolute atomic E-state index is 0. The van der Waals surface area contributed by atoms with E-state index in [1.165, 1.54) is 0 Å². The van der Waals surface area contributed by atoms with E-state index >= 15 is 0 Å². The molecule has 0 bridgehead atoms. The summed E-state index contributed by atoms with van der Waals surface area (Å²) in [7, 11) is 0. The molecule has 0 saturated carbocycles. The number of para-hydroxylation sites is 1. The van der Waals surface area contributed by atoms with Crippen LogP contribution in [0, 0.1) is 5.92 Å². The van der Waals surface area contributed by atoms with Crippen molar-refractivity contribution in [2.75, 3.05) is 52.4 Å². The van der Waals surface area contributed by atoms with Crippen molar-refractivity contribution in [3.8, 4) is 5.75 Å². The molecule has 2 N–H and O–H groups in total. The van der Waals surface area contributed by atoms with E-state index < -0.39 is 6.10 Å². The smallest absolute Gasteiger partial charge is 0.228 e. The molecule has 3 rings (SSSR count). The summed E-state index contributed by atoms with van der Waals surface area (Å²) in [4.78, 5) is 16.3. The molecule has 1 amide bonds. The van der Waals surface area contributed by atoms with Gasteiger partial charge in [0.2, 0.25) is 5.91 Å². The van der Waals surface area contributed by atoms with Gasteiger partial charge in [0, 0.05) is 45.8 Å². The molecule has 6 nitrogen and oxygen atoms in total. The predicted octanol–water partition coefficient (Wildman–Crippen LogP) is 0.212. The van der Waals surface area contributed by atoms with Gasteiger partial charge in [0.25, 0.3) is 0 Å². The molecule has 1 atom stereocenters. The van der Waals surface area contributed by atoms with Crippen LogP contribution in [0.4, 0.5) is 0 Å². The maximum atomic E-state index is 12.2. The van der Waals surface area contributed by atoms with Crippen molar-refractivity contribution in [3.05, 3.63) is 30.3 Å². The molecule has 0 spiro atoms. The Bertz CT molecular complexity index is 505. The summed E-state index contributed by atoms with van der Waals surface area (Å²) in [6.07, 6.45) is -0.520. The Morgan fingerprint density at radius 1 is 1.21 bits per heavy atom. The highest BCUT2D eigenvalue weighted by Gasteiger charge is 2.31. The molecule has 7 heteroatoms. The number of nitrogens with zero attached hydrogens (tertiary/aromatic N) is 2. The Kier molecular flexibility index (Phi) is 7.30. The van der Waals surface area contributed by atoms with Crippen LogP contribution in [-0.2, 0) is 4.79 Å². The van der Waals surface area contributed by atoms with E-state index in [0.29, 0.717) is 6.54 Å². The number of carbonyl (C=O) groups excluding carboxylic acids is 1. The summed E-state index contributed by atoms with van der Waals surface area (Å²) in [5.41, 5.74) is 0. The van der Waals surface area contributed by atoms with Crippen LogP contribution in [0.2, 0.25) is 0 Å². The van der Waals surface area contributed by atoms with Crippen molar-refractivity contribution in [2.24, 2.45) is 5.92 Å². The molecule has 0 aromatic heterocycles. The number of carbonyl (C=O) groups is 1. The monoisotopic (exact) mass is 355 g/mol. The number of halogens is 1. The summed E-state index contributed by atoms with van der Waals surface area (Å²) in [5, 5.41) is 13.3. The Morgan fingerprint density at radius 2 is 1.88 bits per heavy atom. The number of aliphatic hydroxyl groups excluding tert-OH is 1. The maximum Gasteiger partial charge on any atom is 0.228 e. The van der Waals surface area contributed by atoms with Crippen LogP contribution in [0.15, 0.2) is 30.3 Å². The average Bonchev–Trinajstić information content (AvgIpc) is 2.53. The summed E-state index contributed by atoms with van der Waals surface area (Å²) >= 11 is 0. The lowest BCUT2D eigenvalue weighted by Gasteiger charge is -2.39. The molecule has 0 radical (unpaired) electrons. The number of benzene rings is 1. The molecular formula is C17H26ClN3O3. The molecule has 1 aromatic carbocycles. The first-order chi connectivity index (χ1) is 11.2. The zero-order valence-electron chi connectivity index (χ0n) is 13.8. The third kappa shape index (κ3) is 5.08. The van der Waals surface area contributed by atoms with Crippen LogP contribution < -0.4 is 10.1 Å². The Morgan fingerprint density at radius 3 is 2.46 bits per heavy atom. The molecule has 1 aromatic rings. The maximum absolute atomic E-state index is 12.2. The molecule has 0 aliphatic carbocycles. The minimum Gasteiger partial charge on any atom is -0.491 e. The van der Waals surface area contributed by atoms with Crippen LogP contribution >= 0.6 is 12.4 Å². The number of hydrogen-bond acceptors (Lipinski definition) is 5. The highest BCUT2D eigenvalue weighted by Crippen LogP contribution is 2.12. The van der Waals surface area contributed by atoms with E-state index in [2.05, 4.69) is 10.2 Å². The topological polar surface area (TPSA) is 65.0 Å². The van der Waals surface area contributed by atoms with Gasteiger partial charge >= 0.3 is 0 Å². The molecule has 1 unspecified atom stereocenters. The Balaban J connectivity index is 0.00000208. The molecule has 2 aliphatic rings. The first-order valence-corrected chi connectivity index (χ1v) is 8.30. The highest BCUT2D eigenvalue weighted by atomic mass is 35.5. The van der Waals surface area contributed by atoms with Crippen LogP contribution in [0.25, 0.3) is 0 Å². The van der Waals surface area contributed by atoms with E-state index in [-0.39, 0.29) is 30.8 Å².